The van der Waals surface area contributed by atoms with Gasteiger partial charge in [-0.05, 0) is 26.0 Å². The number of hydrogen-bond donors (Lipinski definition) is 1. The summed E-state index contributed by atoms with van der Waals surface area (Å²) in [7, 11) is 0. The number of carbonyl (C=O) groups excluding carboxylic acids is 1. The predicted molar refractivity (Wildman–Crippen MR) is 72.6 cm³/mol. The maximum absolute atomic E-state index is 11.9. The normalized spacial score (nSPS) is 12.1. The molecule has 1 atom stereocenters. The lowest BCUT2D eigenvalue weighted by molar-refractivity contribution is -0.123. The topological polar surface area (TPSA) is 59.8 Å². The first-order valence-corrected chi connectivity index (χ1v) is 6.34. The van der Waals surface area contributed by atoms with Crippen LogP contribution in [0.4, 0.5) is 0 Å². The van der Waals surface area contributed by atoms with E-state index in [9.17, 15) is 4.79 Å². The Morgan fingerprint density at radius 3 is 3.00 bits per heavy atom. The van der Waals surface area contributed by atoms with Crippen LogP contribution >= 0.6 is 0 Å². The predicted octanol–water partition coefficient (Wildman–Crippen LogP) is 1.51. The van der Waals surface area contributed by atoms with Crippen molar-refractivity contribution in [3.05, 3.63) is 48.3 Å². The van der Waals surface area contributed by atoms with Crippen LogP contribution in [0.15, 0.2) is 36.9 Å². The van der Waals surface area contributed by atoms with E-state index in [0.29, 0.717) is 6.54 Å². The smallest absolute Gasteiger partial charge is 0.242 e. The third-order valence-corrected chi connectivity index (χ3v) is 2.98. The number of amides is 1. The van der Waals surface area contributed by atoms with Gasteiger partial charge < -0.3 is 9.88 Å². The molecule has 0 spiro atoms. The lowest BCUT2D eigenvalue weighted by Gasteiger charge is -2.13. The molecule has 2 aromatic rings. The van der Waals surface area contributed by atoms with E-state index in [4.69, 9.17) is 0 Å². The third kappa shape index (κ3) is 3.64. The number of aromatic nitrogens is 3. The molecule has 19 heavy (non-hydrogen) atoms. The van der Waals surface area contributed by atoms with Gasteiger partial charge in [0.15, 0.2) is 0 Å². The summed E-state index contributed by atoms with van der Waals surface area (Å²) in [5.41, 5.74) is 1.99. The van der Waals surface area contributed by atoms with Gasteiger partial charge in [-0.2, -0.15) is 0 Å². The average Bonchev–Trinajstić information content (AvgIpc) is 2.91. The maximum Gasteiger partial charge on any atom is 0.242 e. The fourth-order valence-corrected chi connectivity index (χ4v) is 1.83. The highest BCUT2D eigenvalue weighted by Gasteiger charge is 2.13. The van der Waals surface area contributed by atoms with Gasteiger partial charge in [0.1, 0.15) is 6.04 Å². The second-order valence-corrected chi connectivity index (χ2v) is 4.50. The molecule has 0 saturated carbocycles. The molecule has 0 aromatic carbocycles. The van der Waals surface area contributed by atoms with E-state index in [1.165, 1.54) is 0 Å². The Balaban J connectivity index is 1.81. The van der Waals surface area contributed by atoms with Gasteiger partial charge in [-0.15, -0.1) is 0 Å². The summed E-state index contributed by atoms with van der Waals surface area (Å²) in [5, 5.41) is 2.91. The molecule has 0 bridgehead atoms. The van der Waals surface area contributed by atoms with Gasteiger partial charge in [-0.3, -0.25) is 9.78 Å². The average molecular weight is 258 g/mol. The molecular weight excluding hydrogens is 240 g/mol. The van der Waals surface area contributed by atoms with E-state index < -0.39 is 0 Å². The van der Waals surface area contributed by atoms with Crippen molar-refractivity contribution in [3.8, 4) is 0 Å². The number of imidazole rings is 1. The minimum absolute atomic E-state index is 0.00865. The summed E-state index contributed by atoms with van der Waals surface area (Å²) in [4.78, 5) is 20.3. The number of pyridine rings is 1. The number of carbonyl (C=O) groups is 1. The fourth-order valence-electron chi connectivity index (χ4n) is 1.83. The molecule has 0 aliphatic carbocycles. The first-order chi connectivity index (χ1) is 9.16. The molecule has 0 unspecified atom stereocenters. The number of aryl methyl sites for hydroxylation is 1. The van der Waals surface area contributed by atoms with Gasteiger partial charge >= 0.3 is 0 Å². The van der Waals surface area contributed by atoms with E-state index in [0.717, 1.165) is 17.8 Å². The van der Waals surface area contributed by atoms with Crippen LogP contribution in [0.3, 0.4) is 0 Å². The molecule has 0 fully saturated rings. The monoisotopic (exact) mass is 258 g/mol. The molecule has 0 aliphatic rings. The van der Waals surface area contributed by atoms with E-state index in [-0.39, 0.29) is 11.9 Å². The molecule has 100 valence electrons. The summed E-state index contributed by atoms with van der Waals surface area (Å²) in [6, 6.07) is 5.67. The highest BCUT2D eigenvalue weighted by atomic mass is 16.2. The fraction of sp³-hybridized carbons (Fsp3) is 0.357. The summed E-state index contributed by atoms with van der Waals surface area (Å²) in [5.74, 6) is -0.00865. The number of nitrogens with one attached hydrogen (secondary N) is 1. The van der Waals surface area contributed by atoms with Crippen molar-refractivity contribution < 1.29 is 4.79 Å². The van der Waals surface area contributed by atoms with Crippen molar-refractivity contribution in [2.75, 3.05) is 6.54 Å². The van der Waals surface area contributed by atoms with E-state index in [2.05, 4.69) is 15.3 Å². The molecule has 1 N–H and O–H groups in total. The second-order valence-electron chi connectivity index (χ2n) is 4.50. The summed E-state index contributed by atoms with van der Waals surface area (Å²) < 4.78 is 1.78. The minimum atomic E-state index is -0.243. The molecule has 2 aromatic heterocycles. The SMILES string of the molecule is Cc1cccc(CCNC(=O)[C@@H](C)n2ccnc2)n1. The molecule has 0 saturated heterocycles. The number of hydrogen-bond acceptors (Lipinski definition) is 3. The lowest BCUT2D eigenvalue weighted by atomic mass is 10.2. The summed E-state index contributed by atoms with van der Waals surface area (Å²) in [6.45, 7) is 4.40. The van der Waals surface area contributed by atoms with Crippen molar-refractivity contribution >= 4 is 5.91 Å². The summed E-state index contributed by atoms with van der Waals surface area (Å²) >= 11 is 0. The molecule has 5 heteroatoms. The van der Waals surface area contributed by atoms with Crippen molar-refractivity contribution in [2.24, 2.45) is 0 Å². The van der Waals surface area contributed by atoms with Gasteiger partial charge in [0, 0.05) is 36.7 Å². The molecule has 5 nitrogen and oxygen atoms in total. The van der Waals surface area contributed by atoms with Crippen LogP contribution in [0.5, 0.6) is 0 Å². The van der Waals surface area contributed by atoms with Crippen LogP contribution in [0.25, 0.3) is 0 Å². The zero-order chi connectivity index (χ0) is 13.7. The Hall–Kier alpha value is -2.17. The van der Waals surface area contributed by atoms with E-state index in [1.54, 1.807) is 23.3 Å². The van der Waals surface area contributed by atoms with Gasteiger partial charge in [0.25, 0.3) is 0 Å². The Kier molecular flexibility index (Phi) is 4.28. The van der Waals surface area contributed by atoms with Gasteiger partial charge in [-0.25, -0.2) is 4.98 Å². The lowest BCUT2D eigenvalue weighted by Crippen LogP contribution is -2.32. The van der Waals surface area contributed by atoms with Gasteiger partial charge in [0.2, 0.25) is 5.91 Å². The Morgan fingerprint density at radius 2 is 2.32 bits per heavy atom. The molecular formula is C14H18N4O. The maximum atomic E-state index is 11.9. The third-order valence-electron chi connectivity index (χ3n) is 2.98. The largest absolute Gasteiger partial charge is 0.354 e. The Labute approximate surface area is 112 Å². The van der Waals surface area contributed by atoms with Crippen molar-refractivity contribution in [1.29, 1.82) is 0 Å². The van der Waals surface area contributed by atoms with Crippen LogP contribution < -0.4 is 5.32 Å². The second kappa shape index (κ2) is 6.13. The quantitative estimate of drug-likeness (QED) is 0.884. The van der Waals surface area contributed by atoms with E-state index in [1.807, 2.05) is 32.0 Å². The van der Waals surface area contributed by atoms with Gasteiger partial charge in [-0.1, -0.05) is 6.07 Å². The van der Waals surface area contributed by atoms with Crippen molar-refractivity contribution in [2.45, 2.75) is 26.3 Å². The van der Waals surface area contributed by atoms with E-state index >= 15 is 0 Å². The standard InChI is InChI=1S/C14H18N4O/c1-11-4-3-5-13(17-11)6-7-16-14(19)12(2)18-9-8-15-10-18/h3-5,8-10,12H,6-7H2,1-2H3,(H,16,19)/t12-/m1/s1. The molecule has 0 aliphatic heterocycles. The van der Waals surface area contributed by atoms with Crippen LogP contribution in [0.1, 0.15) is 24.4 Å². The molecule has 2 heterocycles. The molecule has 1 amide bonds. The zero-order valence-electron chi connectivity index (χ0n) is 11.2. The Morgan fingerprint density at radius 1 is 1.47 bits per heavy atom. The van der Waals surface area contributed by atoms with Crippen LogP contribution in [0, 0.1) is 6.92 Å². The Bertz CT molecular complexity index is 536. The molecule has 2 rings (SSSR count). The van der Waals surface area contributed by atoms with Crippen LogP contribution in [-0.4, -0.2) is 27.0 Å². The zero-order valence-corrected chi connectivity index (χ0v) is 11.2. The summed E-state index contributed by atoms with van der Waals surface area (Å²) in [6.07, 6.45) is 5.84. The number of nitrogens with zero attached hydrogens (tertiary/aromatic N) is 3. The van der Waals surface area contributed by atoms with Gasteiger partial charge in [0.05, 0.1) is 6.33 Å². The van der Waals surface area contributed by atoms with Crippen molar-refractivity contribution in [3.63, 3.8) is 0 Å². The highest BCUT2D eigenvalue weighted by Crippen LogP contribution is 2.04. The highest BCUT2D eigenvalue weighted by molar-refractivity contribution is 5.79. The first kappa shape index (κ1) is 13.3. The molecule has 0 radical (unpaired) electrons. The number of rotatable bonds is 5. The first-order valence-electron chi connectivity index (χ1n) is 6.34. The van der Waals surface area contributed by atoms with Crippen molar-refractivity contribution in [1.82, 2.24) is 19.9 Å². The minimum Gasteiger partial charge on any atom is -0.354 e. The van der Waals surface area contributed by atoms with Crippen LogP contribution in [0.2, 0.25) is 0 Å². The van der Waals surface area contributed by atoms with Crippen LogP contribution in [-0.2, 0) is 11.2 Å².